The van der Waals surface area contributed by atoms with Gasteiger partial charge in [-0.05, 0) is 23.3 Å². The highest BCUT2D eigenvalue weighted by molar-refractivity contribution is 9.38. The zero-order valence-corrected chi connectivity index (χ0v) is 12.6. The van der Waals surface area contributed by atoms with Gasteiger partial charge in [-0.15, -0.1) is 11.6 Å². The first-order valence-electron chi connectivity index (χ1n) is 3.36. The maximum absolute atomic E-state index is 5.87. The Hall–Kier alpha value is 1.24. The maximum Gasteiger partial charge on any atom is 0.160 e. The van der Waals surface area contributed by atoms with Crippen molar-refractivity contribution in [1.82, 2.24) is 0 Å². The average Bonchev–Trinajstić information content (AvgIpc) is 2.03. The molecule has 0 spiro atoms. The summed E-state index contributed by atoms with van der Waals surface area (Å²) in [6.07, 6.45) is 0. The van der Waals surface area contributed by atoms with Gasteiger partial charge in [-0.2, -0.15) is 0 Å². The van der Waals surface area contributed by atoms with E-state index in [1.165, 1.54) is 0 Å². The quantitative estimate of drug-likeness (QED) is 0.545. The molecule has 0 aliphatic heterocycles. The summed E-state index contributed by atoms with van der Waals surface area (Å²) in [5, 5.41) is 0.687. The second kappa shape index (κ2) is 4.84. The molecular formula is C8H5Br3Cl2. The highest BCUT2D eigenvalue weighted by atomic mass is 80.0. The Labute approximate surface area is 112 Å². The maximum atomic E-state index is 5.87. The lowest BCUT2D eigenvalue weighted by Crippen LogP contribution is -2.02. The number of alkyl halides is 4. The van der Waals surface area contributed by atoms with Crippen LogP contribution in [0.2, 0.25) is 5.02 Å². The first kappa shape index (κ1) is 12.3. The molecule has 0 radical (unpaired) electrons. The van der Waals surface area contributed by atoms with E-state index in [0.717, 1.165) is 11.1 Å². The second-order valence-corrected chi connectivity index (χ2v) is 9.90. The van der Waals surface area contributed by atoms with Crippen LogP contribution in [0.25, 0.3) is 0 Å². The fourth-order valence-corrected chi connectivity index (χ4v) is 2.44. The summed E-state index contributed by atoms with van der Waals surface area (Å²) in [4.78, 5) is 0. The number of hydrogen-bond donors (Lipinski definition) is 0. The van der Waals surface area contributed by atoms with Crippen LogP contribution in [-0.2, 0) is 8.02 Å². The number of rotatable bonds is 1. The van der Waals surface area contributed by atoms with Gasteiger partial charge in [0, 0.05) is 10.9 Å². The minimum absolute atomic E-state index is 0.455. The van der Waals surface area contributed by atoms with Crippen molar-refractivity contribution in [1.29, 1.82) is 0 Å². The van der Waals surface area contributed by atoms with E-state index in [4.69, 9.17) is 23.2 Å². The molecule has 1 aromatic rings. The molecule has 0 nitrogen and oxygen atoms in total. The van der Waals surface area contributed by atoms with Crippen molar-refractivity contribution in [3.8, 4) is 0 Å². The summed E-state index contributed by atoms with van der Waals surface area (Å²) >= 11 is 21.9. The zero-order chi connectivity index (χ0) is 10.1. The Bertz CT molecular complexity index is 307. The zero-order valence-electron chi connectivity index (χ0n) is 6.33. The number of benzene rings is 1. The Morgan fingerprint density at radius 3 is 2.31 bits per heavy atom. The summed E-state index contributed by atoms with van der Waals surface area (Å²) < 4.78 is -0.456. The van der Waals surface area contributed by atoms with Gasteiger partial charge in [-0.25, -0.2) is 0 Å². The molecule has 1 rings (SSSR count). The number of hydrogen-bond acceptors (Lipinski definition) is 0. The molecule has 0 saturated heterocycles. The fraction of sp³-hybridized carbons (Fsp3) is 0.250. The Kier molecular flexibility index (Phi) is 4.59. The molecule has 0 saturated carbocycles. The van der Waals surface area contributed by atoms with Gasteiger partial charge in [-0.3, -0.25) is 0 Å². The predicted octanol–water partition coefficient (Wildman–Crippen LogP) is 5.37. The van der Waals surface area contributed by atoms with Gasteiger partial charge >= 0.3 is 0 Å². The van der Waals surface area contributed by atoms with Gasteiger partial charge < -0.3 is 0 Å². The van der Waals surface area contributed by atoms with E-state index < -0.39 is 2.14 Å². The van der Waals surface area contributed by atoms with E-state index in [2.05, 4.69) is 47.8 Å². The van der Waals surface area contributed by atoms with Crippen LogP contribution in [0.3, 0.4) is 0 Å². The normalized spacial score (nSPS) is 11.8. The molecule has 0 atom stereocenters. The Morgan fingerprint density at radius 2 is 1.85 bits per heavy atom. The molecular weight excluding hydrogens is 407 g/mol. The van der Waals surface area contributed by atoms with Crippen molar-refractivity contribution in [2.75, 3.05) is 0 Å². The highest BCUT2D eigenvalue weighted by Gasteiger charge is 2.23. The lowest BCUT2D eigenvalue weighted by Gasteiger charge is -2.16. The lowest BCUT2D eigenvalue weighted by atomic mass is 10.1. The first-order chi connectivity index (χ1) is 5.95. The minimum Gasteiger partial charge on any atom is -0.122 e. The Balaban J connectivity index is 3.24. The molecule has 0 aliphatic rings. The number of halogens is 5. The molecule has 0 heterocycles. The molecule has 72 valence electrons. The van der Waals surface area contributed by atoms with Gasteiger partial charge in [0.2, 0.25) is 0 Å². The molecule has 0 amide bonds. The molecule has 0 unspecified atom stereocenters. The van der Waals surface area contributed by atoms with Crippen molar-refractivity contribution in [2.45, 2.75) is 8.02 Å². The SMILES string of the molecule is ClCc1ccc(Cl)cc1C(Br)(Br)Br. The van der Waals surface area contributed by atoms with Crippen LogP contribution in [0.1, 0.15) is 11.1 Å². The second-order valence-electron chi connectivity index (χ2n) is 2.43. The van der Waals surface area contributed by atoms with Crippen LogP contribution in [0.5, 0.6) is 0 Å². The molecule has 0 aliphatic carbocycles. The Morgan fingerprint density at radius 1 is 1.23 bits per heavy atom. The molecule has 13 heavy (non-hydrogen) atoms. The standard InChI is InChI=1S/C8H5Br3Cl2/c9-8(10,11)7-3-6(13)2-1-5(7)4-12/h1-3H,4H2. The fourth-order valence-electron chi connectivity index (χ4n) is 0.929. The molecule has 5 heteroatoms. The minimum atomic E-state index is -0.456. The van der Waals surface area contributed by atoms with Gasteiger partial charge in [0.05, 0.1) is 0 Å². The van der Waals surface area contributed by atoms with E-state index >= 15 is 0 Å². The predicted molar refractivity (Wildman–Crippen MR) is 69.5 cm³/mol. The first-order valence-corrected chi connectivity index (χ1v) is 6.66. The summed E-state index contributed by atoms with van der Waals surface area (Å²) in [6.45, 7) is 0. The van der Waals surface area contributed by atoms with E-state index in [1.54, 1.807) is 0 Å². The van der Waals surface area contributed by atoms with E-state index in [0.29, 0.717) is 10.9 Å². The van der Waals surface area contributed by atoms with E-state index in [-0.39, 0.29) is 0 Å². The summed E-state index contributed by atoms with van der Waals surface area (Å²) in [7, 11) is 0. The van der Waals surface area contributed by atoms with Crippen LogP contribution in [-0.4, -0.2) is 0 Å². The summed E-state index contributed by atoms with van der Waals surface area (Å²) in [5.41, 5.74) is 2.01. The van der Waals surface area contributed by atoms with Crippen LogP contribution in [0.4, 0.5) is 0 Å². The van der Waals surface area contributed by atoms with Crippen molar-refractivity contribution in [3.05, 3.63) is 34.3 Å². The van der Waals surface area contributed by atoms with Gasteiger partial charge in [0.1, 0.15) is 0 Å². The van der Waals surface area contributed by atoms with Crippen molar-refractivity contribution in [3.63, 3.8) is 0 Å². The molecule has 0 aromatic heterocycles. The van der Waals surface area contributed by atoms with Crippen LogP contribution in [0, 0.1) is 0 Å². The van der Waals surface area contributed by atoms with Crippen molar-refractivity contribution >= 4 is 71.0 Å². The van der Waals surface area contributed by atoms with Gasteiger partial charge in [0.25, 0.3) is 0 Å². The van der Waals surface area contributed by atoms with Gasteiger partial charge in [0.15, 0.2) is 2.14 Å². The van der Waals surface area contributed by atoms with Crippen LogP contribution < -0.4 is 0 Å². The van der Waals surface area contributed by atoms with Gasteiger partial charge in [-0.1, -0.05) is 65.5 Å². The smallest absolute Gasteiger partial charge is 0.122 e. The van der Waals surface area contributed by atoms with Crippen molar-refractivity contribution in [2.24, 2.45) is 0 Å². The highest BCUT2D eigenvalue weighted by Crippen LogP contribution is 2.46. The lowest BCUT2D eigenvalue weighted by molar-refractivity contribution is 1.25. The summed E-state index contributed by atoms with van der Waals surface area (Å²) in [5.74, 6) is 0.455. The topological polar surface area (TPSA) is 0 Å². The molecule has 0 bridgehead atoms. The van der Waals surface area contributed by atoms with E-state index in [1.807, 2.05) is 18.2 Å². The summed E-state index contributed by atoms with van der Waals surface area (Å²) in [6, 6.07) is 5.59. The average molecular weight is 412 g/mol. The third kappa shape index (κ3) is 3.38. The largest absolute Gasteiger partial charge is 0.160 e. The molecule has 1 aromatic carbocycles. The van der Waals surface area contributed by atoms with E-state index in [9.17, 15) is 0 Å². The van der Waals surface area contributed by atoms with Crippen LogP contribution >= 0.6 is 71.0 Å². The third-order valence-electron chi connectivity index (χ3n) is 1.52. The van der Waals surface area contributed by atoms with Crippen molar-refractivity contribution < 1.29 is 0 Å². The third-order valence-corrected chi connectivity index (χ3v) is 3.33. The molecule has 0 N–H and O–H groups in total. The van der Waals surface area contributed by atoms with Crippen LogP contribution in [0.15, 0.2) is 18.2 Å². The molecule has 0 fully saturated rings. The monoisotopic (exact) mass is 408 g/mol.